The second-order valence-electron chi connectivity index (χ2n) is 10.1. The number of rotatable bonds is 6. The Labute approximate surface area is 218 Å². The predicted molar refractivity (Wildman–Crippen MR) is 133 cm³/mol. The van der Waals surface area contributed by atoms with Gasteiger partial charge >= 0.3 is 0 Å². The minimum Gasteiger partial charge on any atom is -0.477 e. The van der Waals surface area contributed by atoms with Crippen molar-refractivity contribution in [2.45, 2.75) is 32.2 Å². The number of nitrogens with zero attached hydrogens (tertiary/aromatic N) is 4. The van der Waals surface area contributed by atoms with Gasteiger partial charge in [0.05, 0.1) is 17.7 Å². The highest BCUT2D eigenvalue weighted by Crippen LogP contribution is 2.45. The molecule has 1 aliphatic heterocycles. The van der Waals surface area contributed by atoms with Gasteiger partial charge in [0.2, 0.25) is 5.88 Å². The molecule has 0 atom stereocenters. The molecule has 2 aromatic heterocycles. The Morgan fingerprint density at radius 3 is 2.42 bits per heavy atom. The average molecular weight is 525 g/mol. The van der Waals surface area contributed by atoms with E-state index in [1.165, 1.54) is 12.1 Å². The summed E-state index contributed by atoms with van der Waals surface area (Å²) in [6, 6.07) is 8.63. The fourth-order valence-corrected chi connectivity index (χ4v) is 4.69. The number of ether oxygens (including phenoxy) is 1. The molecule has 3 heterocycles. The maximum atomic E-state index is 14.5. The first-order valence-electron chi connectivity index (χ1n) is 12.5. The van der Waals surface area contributed by atoms with Crippen molar-refractivity contribution in [3.05, 3.63) is 77.4 Å². The molecule has 0 bridgehead atoms. The van der Waals surface area contributed by atoms with Crippen LogP contribution in [-0.2, 0) is 0 Å². The smallest absolute Gasteiger partial charge is 0.272 e. The maximum absolute atomic E-state index is 14.5. The lowest BCUT2D eigenvalue weighted by Gasteiger charge is -2.42. The zero-order valence-electron chi connectivity index (χ0n) is 21.1. The molecular formula is C28H27F3N4O3. The largest absolute Gasteiger partial charge is 0.477 e. The molecule has 0 radical (unpaired) electrons. The molecule has 5 rings (SSSR count). The van der Waals surface area contributed by atoms with Gasteiger partial charge in [0.15, 0.2) is 0 Å². The Balaban J connectivity index is 1.33. The quantitative estimate of drug-likeness (QED) is 0.466. The third-order valence-corrected chi connectivity index (χ3v) is 6.82. The summed E-state index contributed by atoms with van der Waals surface area (Å²) in [4.78, 5) is 38.3. The predicted octanol–water partition coefficient (Wildman–Crippen LogP) is 4.73. The molecule has 0 unspecified atom stereocenters. The van der Waals surface area contributed by atoms with E-state index in [4.69, 9.17) is 4.74 Å². The van der Waals surface area contributed by atoms with Crippen molar-refractivity contribution in [1.82, 2.24) is 19.8 Å². The van der Waals surface area contributed by atoms with E-state index >= 15 is 0 Å². The minimum absolute atomic E-state index is 0.124. The van der Waals surface area contributed by atoms with E-state index in [0.29, 0.717) is 30.5 Å². The van der Waals surface area contributed by atoms with E-state index in [1.807, 2.05) is 13.8 Å². The summed E-state index contributed by atoms with van der Waals surface area (Å²) in [6.45, 7) is 5.34. The topological polar surface area (TPSA) is 75.6 Å². The normalized spacial score (nSPS) is 16.2. The number of pyridine rings is 2. The molecule has 3 aromatic rings. The Hall–Kier alpha value is -3.95. The fourth-order valence-electron chi connectivity index (χ4n) is 4.69. The summed E-state index contributed by atoms with van der Waals surface area (Å²) in [5.41, 5.74) is -1.35. The van der Waals surface area contributed by atoms with Crippen LogP contribution in [0, 0.1) is 23.4 Å². The number of hydrogen-bond donors (Lipinski definition) is 0. The molecule has 1 aliphatic carbocycles. The van der Waals surface area contributed by atoms with Crippen molar-refractivity contribution in [1.29, 1.82) is 0 Å². The SMILES string of the molecule is CC(C)COc1cc(C(=O)N2CCN(C(=O)c3ccc(F)c(-c4c(F)cccc4F)n3)CC23CC3)ccn1. The number of hydrogen-bond acceptors (Lipinski definition) is 5. The van der Waals surface area contributed by atoms with Crippen molar-refractivity contribution in [3.63, 3.8) is 0 Å². The van der Waals surface area contributed by atoms with Gasteiger partial charge in [0, 0.05) is 37.5 Å². The van der Waals surface area contributed by atoms with Crippen LogP contribution in [0.4, 0.5) is 13.2 Å². The minimum atomic E-state index is -0.973. The van der Waals surface area contributed by atoms with Gasteiger partial charge in [-0.25, -0.2) is 23.1 Å². The molecule has 1 saturated heterocycles. The molecule has 198 valence electrons. The van der Waals surface area contributed by atoms with Crippen LogP contribution in [0.1, 0.15) is 47.5 Å². The maximum Gasteiger partial charge on any atom is 0.272 e. The van der Waals surface area contributed by atoms with Gasteiger partial charge in [-0.2, -0.15) is 0 Å². The third-order valence-electron chi connectivity index (χ3n) is 6.82. The molecule has 1 aromatic carbocycles. The van der Waals surface area contributed by atoms with E-state index in [-0.39, 0.29) is 24.7 Å². The third kappa shape index (κ3) is 4.94. The number of amides is 2. The molecule has 1 saturated carbocycles. The van der Waals surface area contributed by atoms with E-state index < -0.39 is 40.2 Å². The van der Waals surface area contributed by atoms with Gasteiger partial charge < -0.3 is 14.5 Å². The Morgan fingerprint density at radius 1 is 1.00 bits per heavy atom. The first-order valence-corrected chi connectivity index (χ1v) is 12.5. The molecule has 2 fully saturated rings. The summed E-state index contributed by atoms with van der Waals surface area (Å²) in [7, 11) is 0. The van der Waals surface area contributed by atoms with Crippen LogP contribution in [-0.4, -0.2) is 63.4 Å². The Kier molecular flexibility index (Phi) is 6.81. The van der Waals surface area contributed by atoms with Crippen molar-refractivity contribution in [2.24, 2.45) is 5.92 Å². The Morgan fingerprint density at radius 2 is 1.74 bits per heavy atom. The van der Waals surface area contributed by atoms with Crippen LogP contribution in [0.3, 0.4) is 0 Å². The molecule has 1 spiro atoms. The molecule has 7 nitrogen and oxygen atoms in total. The van der Waals surface area contributed by atoms with E-state index in [2.05, 4.69) is 9.97 Å². The first-order chi connectivity index (χ1) is 18.2. The zero-order chi connectivity index (χ0) is 27.0. The first kappa shape index (κ1) is 25.7. The van der Waals surface area contributed by atoms with Crippen LogP contribution in [0.5, 0.6) is 5.88 Å². The van der Waals surface area contributed by atoms with Crippen LogP contribution in [0.25, 0.3) is 11.3 Å². The monoisotopic (exact) mass is 524 g/mol. The van der Waals surface area contributed by atoms with Gasteiger partial charge in [-0.1, -0.05) is 19.9 Å². The van der Waals surface area contributed by atoms with Crippen molar-refractivity contribution in [2.75, 3.05) is 26.2 Å². The standard InChI is InChI=1S/C28H27F3N4O3/c1-17(2)15-38-23-14-18(8-11-32-23)26(36)35-13-12-34(16-28(35)9-10-28)27(37)22-7-6-21(31)25(33-22)24-19(29)4-3-5-20(24)30/h3-8,11,14,17H,9-10,12-13,15-16H2,1-2H3. The van der Waals surface area contributed by atoms with Crippen LogP contribution in [0.2, 0.25) is 0 Å². The molecule has 2 amide bonds. The highest BCUT2D eigenvalue weighted by atomic mass is 19.1. The number of carbonyl (C=O) groups is 2. The van der Waals surface area contributed by atoms with Gasteiger partial charge in [-0.3, -0.25) is 9.59 Å². The highest BCUT2D eigenvalue weighted by Gasteiger charge is 2.54. The lowest BCUT2D eigenvalue weighted by atomic mass is 10.1. The second-order valence-corrected chi connectivity index (χ2v) is 10.1. The van der Waals surface area contributed by atoms with Crippen LogP contribution >= 0.6 is 0 Å². The van der Waals surface area contributed by atoms with E-state index in [0.717, 1.165) is 31.0 Å². The number of carbonyl (C=O) groups excluding carboxylic acids is 2. The summed E-state index contributed by atoms with van der Waals surface area (Å²) >= 11 is 0. The number of piperazine rings is 1. The lowest BCUT2D eigenvalue weighted by Crippen LogP contribution is -2.58. The van der Waals surface area contributed by atoms with Crippen LogP contribution in [0.15, 0.2) is 48.7 Å². The average Bonchev–Trinajstić information content (AvgIpc) is 3.66. The number of aromatic nitrogens is 2. The van der Waals surface area contributed by atoms with E-state index in [1.54, 1.807) is 28.1 Å². The van der Waals surface area contributed by atoms with Crippen molar-refractivity contribution in [3.8, 4) is 17.1 Å². The van der Waals surface area contributed by atoms with Gasteiger partial charge in [0.1, 0.15) is 28.8 Å². The van der Waals surface area contributed by atoms with Gasteiger partial charge in [0.25, 0.3) is 11.8 Å². The number of benzene rings is 1. The molecule has 10 heteroatoms. The zero-order valence-corrected chi connectivity index (χ0v) is 21.1. The van der Waals surface area contributed by atoms with Gasteiger partial charge in [-0.15, -0.1) is 0 Å². The highest BCUT2D eigenvalue weighted by molar-refractivity contribution is 5.96. The number of halogens is 3. The lowest BCUT2D eigenvalue weighted by molar-refractivity contribution is 0.0330. The molecule has 38 heavy (non-hydrogen) atoms. The van der Waals surface area contributed by atoms with Crippen LogP contribution < -0.4 is 4.74 Å². The van der Waals surface area contributed by atoms with Gasteiger partial charge in [-0.05, 0) is 49.1 Å². The van der Waals surface area contributed by atoms with Crippen molar-refractivity contribution >= 4 is 11.8 Å². The van der Waals surface area contributed by atoms with Crippen molar-refractivity contribution < 1.29 is 27.5 Å². The summed E-state index contributed by atoms with van der Waals surface area (Å²) in [6.07, 6.45) is 3.00. The molecule has 0 N–H and O–H groups in total. The second kappa shape index (κ2) is 10.1. The molecule has 2 aliphatic rings. The fraction of sp³-hybridized carbons (Fsp3) is 0.357. The summed E-state index contributed by atoms with van der Waals surface area (Å²) in [5.74, 6) is -2.84. The van der Waals surface area contributed by atoms with E-state index in [9.17, 15) is 22.8 Å². The summed E-state index contributed by atoms with van der Waals surface area (Å²) < 4.78 is 48.7. The summed E-state index contributed by atoms with van der Waals surface area (Å²) in [5, 5.41) is 0. The molecular weight excluding hydrogens is 497 g/mol. The Bertz CT molecular complexity index is 1370.